The molecule has 1 aromatic carbocycles. The van der Waals surface area contributed by atoms with E-state index in [9.17, 15) is 9.59 Å². The summed E-state index contributed by atoms with van der Waals surface area (Å²) in [4.78, 5) is 22.6. The Kier molecular flexibility index (Phi) is 5.78. The molecule has 2 rings (SSSR count). The van der Waals surface area contributed by atoms with E-state index in [4.69, 9.17) is 14.6 Å². The molecule has 0 fully saturated rings. The van der Waals surface area contributed by atoms with Gasteiger partial charge >= 0.3 is 5.97 Å². The number of aromatic carboxylic acids is 1. The van der Waals surface area contributed by atoms with Crippen LogP contribution in [0.2, 0.25) is 0 Å². The van der Waals surface area contributed by atoms with Gasteiger partial charge < -0.3 is 19.9 Å². The van der Waals surface area contributed by atoms with E-state index in [1.165, 1.54) is 17.1 Å². The predicted molar refractivity (Wildman–Crippen MR) is 85.4 cm³/mol. The molecule has 0 aliphatic rings. The SMILES string of the molecule is COc1ccc(CCNC(=O)Cn2cc(C(=O)O)cn2)cc1OC. The topological polar surface area (TPSA) is 103 Å². The van der Waals surface area contributed by atoms with Gasteiger partial charge in [-0.2, -0.15) is 5.10 Å². The largest absolute Gasteiger partial charge is 0.493 e. The maximum atomic E-state index is 11.8. The van der Waals surface area contributed by atoms with Crippen LogP contribution in [-0.4, -0.2) is 47.5 Å². The molecule has 8 nitrogen and oxygen atoms in total. The summed E-state index contributed by atoms with van der Waals surface area (Å²) >= 11 is 0. The summed E-state index contributed by atoms with van der Waals surface area (Å²) in [6, 6.07) is 5.57. The first-order valence-electron chi connectivity index (χ1n) is 7.27. The monoisotopic (exact) mass is 333 g/mol. The van der Waals surface area contributed by atoms with Crippen molar-refractivity contribution in [1.29, 1.82) is 0 Å². The molecule has 0 atom stereocenters. The Morgan fingerprint density at radius 2 is 2.00 bits per heavy atom. The van der Waals surface area contributed by atoms with E-state index >= 15 is 0 Å². The Hall–Kier alpha value is -3.03. The van der Waals surface area contributed by atoms with Crippen LogP contribution in [0.5, 0.6) is 11.5 Å². The molecule has 0 aliphatic heterocycles. The quantitative estimate of drug-likeness (QED) is 0.746. The van der Waals surface area contributed by atoms with E-state index in [1.54, 1.807) is 14.2 Å². The van der Waals surface area contributed by atoms with Gasteiger partial charge in [0, 0.05) is 12.7 Å². The van der Waals surface area contributed by atoms with Gasteiger partial charge in [0.05, 0.1) is 26.0 Å². The van der Waals surface area contributed by atoms with Crippen LogP contribution in [0.3, 0.4) is 0 Å². The summed E-state index contributed by atoms with van der Waals surface area (Å²) in [5.74, 6) is -0.0251. The fraction of sp³-hybridized carbons (Fsp3) is 0.312. The van der Waals surface area contributed by atoms with Gasteiger partial charge in [-0.05, 0) is 24.1 Å². The van der Waals surface area contributed by atoms with E-state index in [1.807, 2.05) is 18.2 Å². The molecule has 0 radical (unpaired) electrons. The van der Waals surface area contributed by atoms with Crippen molar-refractivity contribution >= 4 is 11.9 Å². The van der Waals surface area contributed by atoms with Crippen LogP contribution in [-0.2, 0) is 17.8 Å². The third kappa shape index (κ3) is 4.48. The first-order valence-corrected chi connectivity index (χ1v) is 7.27. The van der Waals surface area contributed by atoms with E-state index in [0.29, 0.717) is 24.5 Å². The fourth-order valence-corrected chi connectivity index (χ4v) is 2.15. The zero-order valence-corrected chi connectivity index (χ0v) is 13.5. The van der Waals surface area contributed by atoms with Crippen molar-refractivity contribution in [2.24, 2.45) is 0 Å². The normalized spacial score (nSPS) is 10.2. The van der Waals surface area contributed by atoms with Crippen molar-refractivity contribution in [3.8, 4) is 11.5 Å². The number of benzene rings is 1. The van der Waals surface area contributed by atoms with Crippen LogP contribution < -0.4 is 14.8 Å². The van der Waals surface area contributed by atoms with Gasteiger partial charge in [-0.15, -0.1) is 0 Å². The molecule has 0 aliphatic carbocycles. The minimum absolute atomic E-state index is 0.0286. The standard InChI is InChI=1S/C16H19N3O5/c1-23-13-4-3-11(7-14(13)24-2)5-6-17-15(20)10-19-9-12(8-18-19)16(21)22/h3-4,7-9H,5-6,10H2,1-2H3,(H,17,20)(H,21,22). The summed E-state index contributed by atoms with van der Waals surface area (Å²) < 4.78 is 11.7. The highest BCUT2D eigenvalue weighted by Crippen LogP contribution is 2.27. The third-order valence-electron chi connectivity index (χ3n) is 3.37. The molecule has 0 bridgehead atoms. The van der Waals surface area contributed by atoms with E-state index in [-0.39, 0.29) is 18.0 Å². The molecule has 0 saturated heterocycles. The van der Waals surface area contributed by atoms with Crippen LogP contribution in [0, 0.1) is 0 Å². The van der Waals surface area contributed by atoms with Crippen molar-refractivity contribution in [3.63, 3.8) is 0 Å². The predicted octanol–water partition coefficient (Wildman–Crippen LogP) is 0.957. The van der Waals surface area contributed by atoms with Crippen molar-refractivity contribution in [2.75, 3.05) is 20.8 Å². The fourth-order valence-electron chi connectivity index (χ4n) is 2.15. The Morgan fingerprint density at radius 3 is 2.62 bits per heavy atom. The number of ether oxygens (including phenoxy) is 2. The Labute approximate surface area is 139 Å². The lowest BCUT2D eigenvalue weighted by atomic mass is 10.1. The lowest BCUT2D eigenvalue weighted by Gasteiger charge is -2.10. The van der Waals surface area contributed by atoms with Gasteiger partial charge in [0.1, 0.15) is 6.54 Å². The lowest BCUT2D eigenvalue weighted by Crippen LogP contribution is -2.29. The summed E-state index contributed by atoms with van der Waals surface area (Å²) in [7, 11) is 3.14. The van der Waals surface area contributed by atoms with Gasteiger partial charge in [-0.3, -0.25) is 9.48 Å². The van der Waals surface area contributed by atoms with Gasteiger partial charge in [-0.25, -0.2) is 4.79 Å². The van der Waals surface area contributed by atoms with Gasteiger partial charge in [-0.1, -0.05) is 6.07 Å². The highest BCUT2D eigenvalue weighted by atomic mass is 16.5. The van der Waals surface area contributed by atoms with E-state index in [0.717, 1.165) is 5.56 Å². The molecular formula is C16H19N3O5. The van der Waals surface area contributed by atoms with Gasteiger partial charge in [0.15, 0.2) is 11.5 Å². The lowest BCUT2D eigenvalue weighted by molar-refractivity contribution is -0.121. The second-order valence-electron chi connectivity index (χ2n) is 5.02. The minimum Gasteiger partial charge on any atom is -0.493 e. The molecule has 1 heterocycles. The number of carboxylic acids is 1. The number of nitrogens with zero attached hydrogens (tertiary/aromatic N) is 2. The van der Waals surface area contributed by atoms with Crippen LogP contribution >= 0.6 is 0 Å². The Balaban J connectivity index is 1.82. The summed E-state index contributed by atoms with van der Waals surface area (Å²) in [5.41, 5.74) is 1.05. The van der Waals surface area contributed by atoms with E-state index in [2.05, 4.69) is 10.4 Å². The number of methoxy groups -OCH3 is 2. The highest BCUT2D eigenvalue weighted by Gasteiger charge is 2.09. The molecule has 24 heavy (non-hydrogen) atoms. The van der Waals surface area contributed by atoms with Gasteiger partial charge in [0.2, 0.25) is 5.91 Å². The molecule has 1 aromatic heterocycles. The molecule has 2 aromatic rings. The highest BCUT2D eigenvalue weighted by molar-refractivity contribution is 5.87. The maximum absolute atomic E-state index is 11.8. The molecule has 8 heteroatoms. The molecule has 2 N–H and O–H groups in total. The second-order valence-corrected chi connectivity index (χ2v) is 5.02. The maximum Gasteiger partial charge on any atom is 0.338 e. The van der Waals surface area contributed by atoms with Crippen LogP contribution in [0.4, 0.5) is 0 Å². The Bertz CT molecular complexity index is 726. The number of amides is 1. The molecule has 128 valence electrons. The number of carboxylic acid groups (broad SMARTS) is 1. The van der Waals surface area contributed by atoms with Crippen LogP contribution in [0.1, 0.15) is 15.9 Å². The molecule has 0 spiro atoms. The number of carbonyl (C=O) groups is 2. The van der Waals surface area contributed by atoms with Crippen molar-refractivity contribution in [2.45, 2.75) is 13.0 Å². The van der Waals surface area contributed by atoms with Crippen molar-refractivity contribution in [1.82, 2.24) is 15.1 Å². The molecular weight excluding hydrogens is 314 g/mol. The molecule has 0 unspecified atom stereocenters. The van der Waals surface area contributed by atoms with Crippen molar-refractivity contribution < 1.29 is 24.2 Å². The Morgan fingerprint density at radius 1 is 1.25 bits per heavy atom. The van der Waals surface area contributed by atoms with E-state index < -0.39 is 5.97 Å². The first-order chi connectivity index (χ1) is 11.5. The third-order valence-corrected chi connectivity index (χ3v) is 3.37. The van der Waals surface area contributed by atoms with Crippen LogP contribution in [0.25, 0.3) is 0 Å². The summed E-state index contributed by atoms with van der Waals surface area (Å²) in [5, 5.41) is 15.4. The van der Waals surface area contributed by atoms with Crippen molar-refractivity contribution in [3.05, 3.63) is 41.7 Å². The van der Waals surface area contributed by atoms with Crippen LogP contribution in [0.15, 0.2) is 30.6 Å². The number of nitrogens with one attached hydrogen (secondary N) is 1. The zero-order valence-electron chi connectivity index (χ0n) is 13.5. The smallest absolute Gasteiger partial charge is 0.338 e. The first kappa shape index (κ1) is 17.3. The average Bonchev–Trinajstić information content (AvgIpc) is 3.03. The number of aromatic nitrogens is 2. The number of rotatable bonds is 8. The summed E-state index contributed by atoms with van der Waals surface area (Å²) in [6.07, 6.45) is 3.15. The zero-order chi connectivity index (χ0) is 17.5. The molecule has 1 amide bonds. The number of hydrogen-bond acceptors (Lipinski definition) is 5. The number of hydrogen-bond donors (Lipinski definition) is 2. The number of carbonyl (C=O) groups excluding carboxylic acids is 1. The molecule has 0 saturated carbocycles. The summed E-state index contributed by atoms with van der Waals surface area (Å²) in [6.45, 7) is 0.417. The average molecular weight is 333 g/mol. The van der Waals surface area contributed by atoms with Gasteiger partial charge in [0.25, 0.3) is 0 Å². The second kappa shape index (κ2) is 8.00. The minimum atomic E-state index is -1.07.